The van der Waals surface area contributed by atoms with Gasteiger partial charge in [-0.2, -0.15) is 0 Å². The van der Waals surface area contributed by atoms with E-state index in [1.807, 2.05) is 11.4 Å². The Morgan fingerprint density at radius 1 is 1.47 bits per heavy atom. The van der Waals surface area contributed by atoms with Gasteiger partial charge < -0.3 is 5.73 Å². The molecule has 0 bridgehead atoms. The standard InChI is InChI=1S/C12H12N4O2S/c1-6-4-9(17)16(12(6)18)5-8-14-10(13)7-2-3-19-11(7)15-8/h2-3,6H,4-5H2,1H3,(H2,13,14,15). The van der Waals surface area contributed by atoms with E-state index in [9.17, 15) is 9.59 Å². The van der Waals surface area contributed by atoms with E-state index in [4.69, 9.17) is 5.73 Å². The summed E-state index contributed by atoms with van der Waals surface area (Å²) < 4.78 is 0. The molecule has 0 aliphatic carbocycles. The fraction of sp³-hybridized carbons (Fsp3) is 0.333. The van der Waals surface area contributed by atoms with Crippen molar-refractivity contribution in [1.29, 1.82) is 0 Å². The summed E-state index contributed by atoms with van der Waals surface area (Å²) in [4.78, 5) is 34.0. The molecule has 0 aromatic carbocycles. The number of nitrogens with zero attached hydrogens (tertiary/aromatic N) is 3. The number of carbonyl (C=O) groups is 2. The van der Waals surface area contributed by atoms with Gasteiger partial charge in [0.25, 0.3) is 0 Å². The van der Waals surface area contributed by atoms with Crippen LogP contribution in [0.25, 0.3) is 10.2 Å². The van der Waals surface area contributed by atoms with Crippen molar-refractivity contribution < 1.29 is 9.59 Å². The Kier molecular flexibility index (Phi) is 2.70. The van der Waals surface area contributed by atoms with Crippen LogP contribution in [0.15, 0.2) is 11.4 Å². The first-order valence-electron chi connectivity index (χ1n) is 5.90. The Morgan fingerprint density at radius 3 is 2.95 bits per heavy atom. The summed E-state index contributed by atoms with van der Waals surface area (Å²) >= 11 is 1.46. The number of nitrogen functional groups attached to an aromatic ring is 1. The third kappa shape index (κ3) is 1.95. The molecule has 6 nitrogen and oxygen atoms in total. The van der Waals surface area contributed by atoms with Crippen molar-refractivity contribution in [2.75, 3.05) is 5.73 Å². The molecule has 3 rings (SSSR count). The van der Waals surface area contributed by atoms with Crippen molar-refractivity contribution in [3.63, 3.8) is 0 Å². The molecule has 3 heterocycles. The molecule has 2 aromatic rings. The lowest BCUT2D eigenvalue weighted by Crippen LogP contribution is -2.30. The van der Waals surface area contributed by atoms with Crippen molar-refractivity contribution in [1.82, 2.24) is 14.9 Å². The van der Waals surface area contributed by atoms with Gasteiger partial charge in [0.15, 0.2) is 5.82 Å². The van der Waals surface area contributed by atoms with E-state index in [0.717, 1.165) is 10.2 Å². The number of nitrogens with two attached hydrogens (primary N) is 1. The Balaban J connectivity index is 1.93. The average Bonchev–Trinajstić information content (AvgIpc) is 2.91. The Hall–Kier alpha value is -2.02. The molecule has 1 aliphatic rings. The molecule has 1 saturated heterocycles. The third-order valence-corrected chi connectivity index (χ3v) is 3.98. The normalized spacial score (nSPS) is 19.6. The minimum Gasteiger partial charge on any atom is -0.383 e. The van der Waals surface area contributed by atoms with Gasteiger partial charge in [0.05, 0.1) is 11.9 Å². The maximum atomic E-state index is 11.8. The number of imide groups is 1. The number of aromatic nitrogens is 2. The highest BCUT2D eigenvalue weighted by Crippen LogP contribution is 2.25. The summed E-state index contributed by atoms with van der Waals surface area (Å²) in [5.74, 6) is 0.191. The summed E-state index contributed by atoms with van der Waals surface area (Å²) in [6, 6.07) is 1.85. The van der Waals surface area contributed by atoms with Crippen molar-refractivity contribution in [2.24, 2.45) is 5.92 Å². The molecule has 1 aliphatic heterocycles. The predicted molar refractivity (Wildman–Crippen MR) is 71.2 cm³/mol. The number of thiophene rings is 1. The van der Waals surface area contributed by atoms with Crippen molar-refractivity contribution in [3.8, 4) is 0 Å². The third-order valence-electron chi connectivity index (χ3n) is 3.17. The lowest BCUT2D eigenvalue weighted by Gasteiger charge is -2.13. The smallest absolute Gasteiger partial charge is 0.232 e. The Bertz CT molecular complexity index is 681. The van der Waals surface area contributed by atoms with Gasteiger partial charge in [0.2, 0.25) is 11.8 Å². The van der Waals surface area contributed by atoms with Crippen LogP contribution in [0, 0.1) is 5.92 Å². The van der Waals surface area contributed by atoms with Crippen molar-refractivity contribution in [2.45, 2.75) is 19.9 Å². The van der Waals surface area contributed by atoms with Gasteiger partial charge in [0.1, 0.15) is 10.6 Å². The molecule has 2 N–H and O–H groups in total. The Morgan fingerprint density at radius 2 is 2.26 bits per heavy atom. The molecule has 1 unspecified atom stereocenters. The van der Waals surface area contributed by atoms with Crippen LogP contribution in [0.5, 0.6) is 0 Å². The van der Waals surface area contributed by atoms with E-state index in [0.29, 0.717) is 11.6 Å². The molecule has 0 radical (unpaired) electrons. The van der Waals surface area contributed by atoms with E-state index < -0.39 is 0 Å². The molecular formula is C12H12N4O2S. The number of fused-ring (bicyclic) bond motifs is 1. The Labute approximate surface area is 113 Å². The van der Waals surface area contributed by atoms with Gasteiger partial charge in [-0.1, -0.05) is 6.92 Å². The zero-order valence-electron chi connectivity index (χ0n) is 10.3. The van der Waals surface area contributed by atoms with Gasteiger partial charge in [-0.3, -0.25) is 14.5 Å². The fourth-order valence-corrected chi connectivity index (χ4v) is 2.94. The molecule has 2 amide bonds. The molecular weight excluding hydrogens is 264 g/mol. The predicted octanol–water partition coefficient (Wildman–Crippen LogP) is 1.17. The van der Waals surface area contributed by atoms with Gasteiger partial charge >= 0.3 is 0 Å². The number of hydrogen-bond donors (Lipinski definition) is 1. The van der Waals surface area contributed by atoms with Gasteiger partial charge in [-0.25, -0.2) is 9.97 Å². The SMILES string of the molecule is CC1CC(=O)N(Cc2nc(N)c3ccsc3n2)C1=O. The maximum absolute atomic E-state index is 11.8. The van der Waals surface area contributed by atoms with Crippen LogP contribution in [0.4, 0.5) is 5.82 Å². The minimum absolute atomic E-state index is 0.0973. The molecule has 0 saturated carbocycles. The van der Waals surface area contributed by atoms with Gasteiger partial charge in [0, 0.05) is 12.3 Å². The first-order valence-corrected chi connectivity index (χ1v) is 6.78. The molecule has 1 atom stereocenters. The second-order valence-corrected chi connectivity index (χ2v) is 5.48. The van der Waals surface area contributed by atoms with E-state index in [-0.39, 0.29) is 30.7 Å². The number of rotatable bonds is 2. The minimum atomic E-state index is -0.254. The van der Waals surface area contributed by atoms with Crippen LogP contribution in [0.3, 0.4) is 0 Å². The fourth-order valence-electron chi connectivity index (χ4n) is 2.15. The van der Waals surface area contributed by atoms with Crippen molar-refractivity contribution in [3.05, 3.63) is 17.3 Å². The largest absolute Gasteiger partial charge is 0.383 e. The number of carbonyl (C=O) groups excluding carboxylic acids is 2. The maximum Gasteiger partial charge on any atom is 0.232 e. The van der Waals surface area contributed by atoms with Gasteiger partial charge in [-0.05, 0) is 11.4 Å². The highest BCUT2D eigenvalue weighted by molar-refractivity contribution is 7.16. The molecule has 0 spiro atoms. The highest BCUT2D eigenvalue weighted by Gasteiger charge is 2.35. The van der Waals surface area contributed by atoms with E-state index >= 15 is 0 Å². The number of hydrogen-bond acceptors (Lipinski definition) is 6. The van der Waals surface area contributed by atoms with Crippen LogP contribution in [0.1, 0.15) is 19.2 Å². The quantitative estimate of drug-likeness (QED) is 0.832. The van der Waals surface area contributed by atoms with Crippen LogP contribution >= 0.6 is 11.3 Å². The van der Waals surface area contributed by atoms with E-state index in [1.165, 1.54) is 16.2 Å². The summed E-state index contributed by atoms with van der Waals surface area (Å²) in [6.45, 7) is 1.85. The number of likely N-dealkylation sites (tertiary alicyclic amines) is 1. The summed E-state index contributed by atoms with van der Waals surface area (Å²) in [5.41, 5.74) is 5.84. The lowest BCUT2D eigenvalue weighted by molar-refractivity contribution is -0.140. The van der Waals surface area contributed by atoms with Crippen LogP contribution < -0.4 is 5.73 Å². The number of amides is 2. The second kappa shape index (κ2) is 4.27. The molecule has 7 heteroatoms. The second-order valence-electron chi connectivity index (χ2n) is 4.59. The number of anilines is 1. The highest BCUT2D eigenvalue weighted by atomic mass is 32.1. The summed E-state index contributed by atoms with van der Waals surface area (Å²) in [7, 11) is 0. The monoisotopic (exact) mass is 276 g/mol. The zero-order chi connectivity index (χ0) is 13.6. The van der Waals surface area contributed by atoms with Crippen LogP contribution in [-0.2, 0) is 16.1 Å². The molecule has 1 fully saturated rings. The van der Waals surface area contributed by atoms with Crippen molar-refractivity contribution >= 4 is 39.2 Å². The topological polar surface area (TPSA) is 89.2 Å². The average molecular weight is 276 g/mol. The molecule has 19 heavy (non-hydrogen) atoms. The molecule has 2 aromatic heterocycles. The summed E-state index contributed by atoms with van der Waals surface area (Å²) in [6.07, 6.45) is 0.259. The van der Waals surface area contributed by atoms with Crippen LogP contribution in [-0.4, -0.2) is 26.7 Å². The molecule has 98 valence electrons. The first kappa shape index (κ1) is 12.0. The van der Waals surface area contributed by atoms with Crippen LogP contribution in [0.2, 0.25) is 0 Å². The first-order chi connectivity index (χ1) is 9.06. The summed E-state index contributed by atoms with van der Waals surface area (Å²) in [5, 5.41) is 2.69. The van der Waals surface area contributed by atoms with Gasteiger partial charge in [-0.15, -0.1) is 11.3 Å². The van der Waals surface area contributed by atoms with E-state index in [1.54, 1.807) is 6.92 Å². The van der Waals surface area contributed by atoms with E-state index in [2.05, 4.69) is 9.97 Å². The lowest BCUT2D eigenvalue weighted by atomic mass is 10.1. The zero-order valence-corrected chi connectivity index (χ0v) is 11.1.